The zero-order chi connectivity index (χ0) is 41.8. The van der Waals surface area contributed by atoms with Crippen molar-refractivity contribution in [3.63, 3.8) is 0 Å². The maximum absolute atomic E-state index is 15.0. The molecule has 312 valence electrons. The van der Waals surface area contributed by atoms with Crippen LogP contribution in [0.4, 0.5) is 9.59 Å². The Hall–Kier alpha value is -6.34. The average molecular weight is 814 g/mol. The summed E-state index contributed by atoms with van der Waals surface area (Å²) in [5.41, 5.74) is 9.88. The van der Waals surface area contributed by atoms with Crippen molar-refractivity contribution < 1.29 is 37.9 Å². The lowest BCUT2D eigenvalue weighted by Gasteiger charge is -2.29. The lowest BCUT2D eigenvalue weighted by molar-refractivity contribution is -0.139. The van der Waals surface area contributed by atoms with Crippen molar-refractivity contribution in [1.82, 2.24) is 20.1 Å². The number of piperidine rings is 1. The second kappa shape index (κ2) is 20.1. The molecule has 3 N–H and O–H groups in total. The fourth-order valence-corrected chi connectivity index (χ4v) is 7.95. The molecule has 1 aromatic heterocycles. The molecular formula is C47H51N5O8. The fraction of sp³-hybridized carbons (Fsp3) is 0.362. The van der Waals surface area contributed by atoms with Crippen LogP contribution in [0.3, 0.4) is 0 Å². The number of hydrogen-bond donors (Lipinski definition) is 2. The van der Waals surface area contributed by atoms with Gasteiger partial charge in [-0.25, -0.2) is 14.6 Å². The number of carbonyl (C=O) groups excluding carboxylic acids is 5. The topological polar surface area (TPSA) is 174 Å². The molecule has 60 heavy (non-hydrogen) atoms. The number of fused-ring (bicyclic) bond motifs is 1. The van der Waals surface area contributed by atoms with E-state index in [0.717, 1.165) is 36.0 Å². The molecule has 2 fully saturated rings. The van der Waals surface area contributed by atoms with Gasteiger partial charge in [0.25, 0.3) is 11.8 Å². The van der Waals surface area contributed by atoms with Gasteiger partial charge in [0.2, 0.25) is 5.78 Å². The molecule has 0 spiro atoms. The Morgan fingerprint density at radius 2 is 1.50 bits per heavy atom. The predicted molar refractivity (Wildman–Crippen MR) is 225 cm³/mol. The molecule has 0 aliphatic carbocycles. The highest BCUT2D eigenvalue weighted by Gasteiger charge is 2.45. The molecule has 4 aromatic carbocycles. The highest BCUT2D eigenvalue weighted by molar-refractivity contribution is 6.00. The van der Waals surface area contributed by atoms with Crippen LogP contribution in [0.25, 0.3) is 22.2 Å². The summed E-state index contributed by atoms with van der Waals surface area (Å²) in [6.45, 7) is 1.43. The minimum absolute atomic E-state index is 0.0227. The zero-order valence-corrected chi connectivity index (χ0v) is 33.6. The van der Waals surface area contributed by atoms with Gasteiger partial charge >= 0.3 is 12.2 Å². The number of hydrogen-bond acceptors (Lipinski definition) is 10. The summed E-state index contributed by atoms with van der Waals surface area (Å²) in [7, 11) is 0. The van der Waals surface area contributed by atoms with Crippen LogP contribution >= 0.6 is 0 Å². The van der Waals surface area contributed by atoms with Crippen LogP contribution in [0, 0.1) is 5.92 Å². The first-order chi connectivity index (χ1) is 29.3. The normalized spacial score (nSPS) is 17.5. The van der Waals surface area contributed by atoms with Crippen LogP contribution in [0.2, 0.25) is 0 Å². The van der Waals surface area contributed by atoms with E-state index in [-0.39, 0.29) is 37.7 Å². The van der Waals surface area contributed by atoms with Crippen LogP contribution in [0.15, 0.2) is 114 Å². The van der Waals surface area contributed by atoms with E-state index in [1.54, 1.807) is 41.3 Å². The molecule has 13 nitrogen and oxygen atoms in total. The van der Waals surface area contributed by atoms with Gasteiger partial charge < -0.3 is 34.7 Å². The molecule has 0 bridgehead atoms. The van der Waals surface area contributed by atoms with Crippen molar-refractivity contribution in [3.05, 3.63) is 126 Å². The first kappa shape index (κ1) is 41.8. The monoisotopic (exact) mass is 813 g/mol. The molecule has 3 heterocycles. The number of para-hydroxylation sites is 2. The number of ether oxygens (including phenoxy) is 2. The molecule has 2 aliphatic heterocycles. The molecule has 7 rings (SSSR count). The Balaban J connectivity index is 1.17. The lowest BCUT2D eigenvalue weighted by atomic mass is 9.89. The number of amides is 3. The highest BCUT2D eigenvalue weighted by atomic mass is 16.6. The summed E-state index contributed by atoms with van der Waals surface area (Å²) in [5, 5.41) is 2.77. The molecule has 3 amide bonds. The number of benzene rings is 4. The molecule has 0 radical (unpaired) electrons. The van der Waals surface area contributed by atoms with E-state index in [0.29, 0.717) is 55.6 Å². The summed E-state index contributed by atoms with van der Waals surface area (Å²) in [6, 6.07) is 30.9. The van der Waals surface area contributed by atoms with E-state index in [1.807, 2.05) is 72.8 Å². The van der Waals surface area contributed by atoms with Crippen LogP contribution < -0.4 is 11.1 Å². The van der Waals surface area contributed by atoms with Gasteiger partial charge in [0.05, 0.1) is 12.6 Å². The van der Waals surface area contributed by atoms with E-state index in [4.69, 9.17) is 19.6 Å². The van der Waals surface area contributed by atoms with Gasteiger partial charge in [-0.3, -0.25) is 14.4 Å². The van der Waals surface area contributed by atoms with Gasteiger partial charge in [0, 0.05) is 31.8 Å². The van der Waals surface area contributed by atoms with Gasteiger partial charge in [0.1, 0.15) is 24.3 Å². The van der Waals surface area contributed by atoms with Crippen LogP contribution in [-0.2, 0) is 25.7 Å². The standard InChI is InChI=1S/C47H51N5O8/c48-25-11-10-18-36(43(54)44-49-38-19-8-9-20-41(38)60-44)28-40(53)39-29-37(59-47(57)51-26-12-3-13-27-51)30-52(39)45(55)42(50-46(56)58-31-32-14-4-1-5-15-32)35-23-21-34(22-24-35)33-16-6-2-7-17-33/h1-2,4-9,14-17,19-24,36-37,39,42H,3,10-13,18,25-31,48H2,(H,50,56)/t36-,37-,39+,42?/m1/s1. The summed E-state index contributed by atoms with van der Waals surface area (Å²) >= 11 is 0. The van der Waals surface area contributed by atoms with Crippen molar-refractivity contribution in [2.75, 3.05) is 26.2 Å². The van der Waals surface area contributed by atoms with Gasteiger partial charge in [0.15, 0.2) is 11.4 Å². The number of nitrogens with two attached hydrogens (primary N) is 1. The quantitative estimate of drug-likeness (QED) is 0.0744. The third kappa shape index (κ3) is 10.4. The number of alkyl carbamates (subject to hydrolysis) is 1. The molecule has 1 unspecified atom stereocenters. The molecule has 4 atom stereocenters. The minimum atomic E-state index is -1.27. The molecule has 0 saturated carbocycles. The van der Waals surface area contributed by atoms with E-state index < -0.39 is 48.0 Å². The summed E-state index contributed by atoms with van der Waals surface area (Å²) in [6.07, 6.45) is 1.99. The Morgan fingerprint density at radius 3 is 2.22 bits per heavy atom. The average Bonchev–Trinajstić information content (AvgIpc) is 3.93. The van der Waals surface area contributed by atoms with Crippen LogP contribution in [0.1, 0.15) is 79.2 Å². The van der Waals surface area contributed by atoms with E-state index in [2.05, 4.69) is 10.3 Å². The summed E-state index contributed by atoms with van der Waals surface area (Å²) in [5.74, 6) is -2.28. The van der Waals surface area contributed by atoms with E-state index in [9.17, 15) is 24.0 Å². The Kier molecular flexibility index (Phi) is 14.0. The Morgan fingerprint density at radius 1 is 0.817 bits per heavy atom. The lowest BCUT2D eigenvalue weighted by Crippen LogP contribution is -2.48. The maximum atomic E-state index is 15.0. The number of oxazole rings is 1. The molecule has 5 aromatic rings. The van der Waals surface area contributed by atoms with E-state index in [1.165, 1.54) is 4.90 Å². The number of nitrogens with one attached hydrogen (secondary N) is 1. The van der Waals surface area contributed by atoms with Gasteiger partial charge in [-0.15, -0.1) is 0 Å². The number of Topliss-reactive ketones (excluding diaryl/α,β-unsaturated/α-hetero) is 2. The SMILES string of the molecule is NCCCC[C@H](CC(=O)[C@@H]1C[C@@H](OC(=O)N2CCCCC2)CN1C(=O)C(NC(=O)OCc1ccccc1)c1ccc(-c2ccccc2)cc1)C(=O)c1nc2ccccc2o1. The first-order valence-corrected chi connectivity index (χ1v) is 20.8. The molecule has 2 aliphatic rings. The number of likely N-dealkylation sites (tertiary alicyclic amines) is 2. The number of ketones is 2. The highest BCUT2D eigenvalue weighted by Crippen LogP contribution is 2.31. The van der Waals surface area contributed by atoms with Gasteiger partial charge in [-0.05, 0) is 73.0 Å². The Bertz CT molecular complexity index is 2210. The van der Waals surface area contributed by atoms with Gasteiger partial charge in [-0.1, -0.05) is 103 Å². The Labute approximate surface area is 349 Å². The van der Waals surface area contributed by atoms with Crippen LogP contribution in [0.5, 0.6) is 0 Å². The number of rotatable bonds is 16. The second-order valence-electron chi connectivity index (χ2n) is 15.4. The summed E-state index contributed by atoms with van der Waals surface area (Å²) < 4.78 is 17.4. The second-order valence-corrected chi connectivity index (χ2v) is 15.4. The maximum Gasteiger partial charge on any atom is 0.410 e. The largest absolute Gasteiger partial charge is 0.445 e. The third-order valence-corrected chi connectivity index (χ3v) is 11.2. The van der Waals surface area contributed by atoms with E-state index >= 15 is 0 Å². The van der Waals surface area contributed by atoms with Crippen molar-refractivity contribution >= 4 is 40.8 Å². The number of unbranched alkanes of at least 4 members (excludes halogenated alkanes) is 1. The molecular weight excluding hydrogens is 763 g/mol. The van der Waals surface area contributed by atoms with Crippen molar-refractivity contribution in [3.8, 4) is 11.1 Å². The zero-order valence-electron chi connectivity index (χ0n) is 33.6. The van der Waals surface area contributed by atoms with Crippen molar-refractivity contribution in [2.24, 2.45) is 11.7 Å². The number of carbonyl (C=O) groups is 5. The molecule has 13 heteroatoms. The fourth-order valence-electron chi connectivity index (χ4n) is 7.95. The van der Waals surface area contributed by atoms with Gasteiger partial charge in [-0.2, -0.15) is 0 Å². The smallest absolute Gasteiger partial charge is 0.410 e. The number of nitrogens with zero attached hydrogens (tertiary/aromatic N) is 3. The predicted octanol–water partition coefficient (Wildman–Crippen LogP) is 7.64. The third-order valence-electron chi connectivity index (χ3n) is 11.2. The first-order valence-electron chi connectivity index (χ1n) is 20.8. The van der Waals surface area contributed by atoms with Crippen molar-refractivity contribution in [2.45, 2.75) is 76.2 Å². The van der Waals surface area contributed by atoms with Crippen molar-refractivity contribution in [1.29, 1.82) is 0 Å². The summed E-state index contributed by atoms with van der Waals surface area (Å²) in [4.78, 5) is 77.8. The number of aromatic nitrogens is 1. The molecule has 2 saturated heterocycles. The van der Waals surface area contributed by atoms with Crippen LogP contribution in [-0.4, -0.2) is 82.8 Å². The minimum Gasteiger partial charge on any atom is -0.445 e.